The highest BCUT2D eigenvalue weighted by Crippen LogP contribution is 2.31. The quantitative estimate of drug-likeness (QED) is 0.503. The van der Waals surface area contributed by atoms with Gasteiger partial charge in [-0.25, -0.2) is 9.38 Å². The average molecular weight is 423 g/mol. The molecule has 1 fully saturated rings. The van der Waals surface area contributed by atoms with E-state index in [0.29, 0.717) is 19.6 Å². The van der Waals surface area contributed by atoms with E-state index in [2.05, 4.69) is 22.0 Å². The number of thiophene rings is 1. The summed E-state index contributed by atoms with van der Waals surface area (Å²) >= 11 is 1.63. The van der Waals surface area contributed by atoms with Crippen LogP contribution in [0.2, 0.25) is 0 Å². The lowest BCUT2D eigenvalue weighted by Crippen LogP contribution is -2.55. The van der Waals surface area contributed by atoms with Gasteiger partial charge in [0.1, 0.15) is 6.61 Å². The third-order valence-electron chi connectivity index (χ3n) is 5.47. The van der Waals surface area contributed by atoms with Crippen LogP contribution in [0.15, 0.2) is 41.8 Å². The number of fused-ring (bicyclic) bond motifs is 3. The van der Waals surface area contributed by atoms with Crippen molar-refractivity contribution < 1.29 is 9.53 Å². The topological polar surface area (TPSA) is 75.9 Å². The lowest BCUT2D eigenvalue weighted by molar-refractivity contribution is -0.137. The number of hydrogen-bond donors (Lipinski definition) is 0. The highest BCUT2D eigenvalue weighted by molar-refractivity contribution is 7.13. The molecule has 4 heterocycles. The van der Waals surface area contributed by atoms with Gasteiger partial charge < -0.3 is 14.5 Å². The number of ether oxygens (including phenoxy) is 1. The van der Waals surface area contributed by atoms with Crippen LogP contribution in [0.1, 0.15) is 6.92 Å². The molecule has 3 aromatic heterocycles. The van der Waals surface area contributed by atoms with E-state index < -0.39 is 0 Å². The number of methoxy groups -OCH3 is 1. The fraction of sp³-hybridized carbons (Fsp3) is 0.333. The van der Waals surface area contributed by atoms with Crippen LogP contribution in [0, 0.1) is 0 Å². The normalized spacial score (nSPS) is 17.2. The fourth-order valence-electron chi connectivity index (χ4n) is 4.06. The van der Waals surface area contributed by atoms with Crippen molar-refractivity contribution in [1.82, 2.24) is 24.5 Å². The monoisotopic (exact) mass is 422 g/mol. The Hall–Kier alpha value is -3.04. The van der Waals surface area contributed by atoms with Crippen molar-refractivity contribution >= 4 is 39.7 Å². The van der Waals surface area contributed by atoms with Crippen LogP contribution >= 0.6 is 11.3 Å². The van der Waals surface area contributed by atoms with Crippen molar-refractivity contribution in [3.63, 3.8) is 0 Å². The molecular formula is C21H22N6O2S. The van der Waals surface area contributed by atoms with Crippen molar-refractivity contribution in [3.05, 3.63) is 41.8 Å². The number of para-hydroxylation sites is 1. The van der Waals surface area contributed by atoms with Crippen molar-refractivity contribution in [2.75, 3.05) is 38.3 Å². The van der Waals surface area contributed by atoms with Gasteiger partial charge in [0.25, 0.3) is 0 Å². The van der Waals surface area contributed by atoms with E-state index in [-0.39, 0.29) is 18.6 Å². The molecule has 0 radical (unpaired) electrons. The van der Waals surface area contributed by atoms with E-state index >= 15 is 0 Å². The molecule has 1 aliphatic heterocycles. The third-order valence-corrected chi connectivity index (χ3v) is 6.33. The molecular weight excluding hydrogens is 400 g/mol. The van der Waals surface area contributed by atoms with Gasteiger partial charge >= 0.3 is 0 Å². The minimum Gasteiger partial charge on any atom is -0.375 e. The minimum absolute atomic E-state index is 0.0184. The molecule has 1 amide bonds. The second-order valence-electron chi connectivity index (χ2n) is 7.40. The number of anilines is 1. The number of aromatic nitrogens is 4. The molecule has 1 saturated heterocycles. The van der Waals surface area contributed by atoms with Crippen LogP contribution in [-0.2, 0) is 9.53 Å². The molecule has 5 rings (SSSR count). The Balaban J connectivity index is 1.61. The first-order valence-corrected chi connectivity index (χ1v) is 10.8. The Labute approximate surface area is 177 Å². The summed E-state index contributed by atoms with van der Waals surface area (Å²) in [5, 5.41) is 12.0. The Morgan fingerprint density at radius 2 is 2.07 bits per heavy atom. The molecule has 30 heavy (non-hydrogen) atoms. The largest absolute Gasteiger partial charge is 0.375 e. The predicted molar refractivity (Wildman–Crippen MR) is 117 cm³/mol. The van der Waals surface area contributed by atoms with E-state index in [1.807, 2.05) is 51.1 Å². The smallest absolute Gasteiger partial charge is 0.248 e. The fourth-order valence-corrected chi connectivity index (χ4v) is 4.76. The molecule has 0 unspecified atom stereocenters. The molecule has 0 aliphatic carbocycles. The van der Waals surface area contributed by atoms with Crippen molar-refractivity contribution in [2.45, 2.75) is 13.0 Å². The first-order valence-electron chi connectivity index (χ1n) is 9.88. The average Bonchev–Trinajstić information content (AvgIpc) is 3.43. The number of carbonyl (C=O) groups is 1. The summed E-state index contributed by atoms with van der Waals surface area (Å²) in [6.07, 6.45) is 0. The number of amides is 1. The number of rotatable bonds is 4. The van der Waals surface area contributed by atoms with Gasteiger partial charge in [0.2, 0.25) is 11.9 Å². The summed E-state index contributed by atoms with van der Waals surface area (Å²) in [6, 6.07) is 12.1. The van der Waals surface area contributed by atoms with Crippen molar-refractivity contribution in [3.8, 4) is 10.7 Å². The Morgan fingerprint density at radius 3 is 2.83 bits per heavy atom. The van der Waals surface area contributed by atoms with Gasteiger partial charge in [-0.15, -0.1) is 21.5 Å². The molecule has 154 valence electrons. The van der Waals surface area contributed by atoms with Gasteiger partial charge in [0.05, 0.1) is 10.4 Å². The van der Waals surface area contributed by atoms with E-state index in [0.717, 1.165) is 33.2 Å². The van der Waals surface area contributed by atoms with Gasteiger partial charge in [0.15, 0.2) is 11.5 Å². The second kappa shape index (κ2) is 7.66. The summed E-state index contributed by atoms with van der Waals surface area (Å²) in [4.78, 5) is 22.5. The standard InChI is InChI=1S/C21H22N6O2S/c1-14-12-25(9-10-26(14)18(28)13-29-2)21-22-16-7-4-3-6-15(16)19-23-24-20(27(19)21)17-8-5-11-30-17/h3-8,11,14H,9-10,12-13H2,1-2H3/t14-/m1/s1. The van der Waals surface area contributed by atoms with E-state index in [1.54, 1.807) is 18.4 Å². The van der Waals surface area contributed by atoms with E-state index in [9.17, 15) is 4.79 Å². The number of carbonyl (C=O) groups excluding carboxylic acids is 1. The molecule has 0 spiro atoms. The summed E-state index contributed by atoms with van der Waals surface area (Å²) in [6.45, 7) is 4.15. The van der Waals surface area contributed by atoms with Gasteiger partial charge in [-0.3, -0.25) is 4.79 Å². The van der Waals surface area contributed by atoms with Crippen LogP contribution in [0.4, 0.5) is 5.95 Å². The lowest BCUT2D eigenvalue weighted by Gasteiger charge is -2.40. The number of benzene rings is 1. The zero-order valence-electron chi connectivity index (χ0n) is 16.9. The maximum atomic E-state index is 12.4. The predicted octanol–water partition coefficient (Wildman–Crippen LogP) is 2.69. The highest BCUT2D eigenvalue weighted by atomic mass is 32.1. The SMILES string of the molecule is COCC(=O)N1CCN(c2nc3ccccc3c3nnc(-c4cccs4)n23)C[C@H]1C. The third kappa shape index (κ3) is 3.10. The molecule has 9 heteroatoms. The Morgan fingerprint density at radius 1 is 1.20 bits per heavy atom. The van der Waals surface area contributed by atoms with Crippen LogP contribution in [-0.4, -0.2) is 69.8 Å². The Kier molecular flexibility index (Phi) is 4.84. The van der Waals surface area contributed by atoms with Crippen LogP contribution in [0.25, 0.3) is 27.3 Å². The zero-order valence-corrected chi connectivity index (χ0v) is 17.7. The first-order chi connectivity index (χ1) is 14.7. The molecule has 0 bridgehead atoms. The molecule has 1 aromatic carbocycles. The zero-order chi connectivity index (χ0) is 20.7. The maximum absolute atomic E-state index is 12.4. The van der Waals surface area contributed by atoms with Crippen LogP contribution in [0.5, 0.6) is 0 Å². The highest BCUT2D eigenvalue weighted by Gasteiger charge is 2.30. The summed E-state index contributed by atoms with van der Waals surface area (Å²) in [5.41, 5.74) is 1.68. The number of nitrogens with zero attached hydrogens (tertiary/aromatic N) is 6. The van der Waals surface area contributed by atoms with E-state index in [1.165, 1.54) is 0 Å². The van der Waals surface area contributed by atoms with Crippen molar-refractivity contribution in [2.24, 2.45) is 0 Å². The van der Waals surface area contributed by atoms with Crippen LogP contribution < -0.4 is 4.90 Å². The summed E-state index contributed by atoms with van der Waals surface area (Å²) < 4.78 is 7.08. The summed E-state index contributed by atoms with van der Waals surface area (Å²) in [5.74, 6) is 1.62. The van der Waals surface area contributed by atoms with Gasteiger partial charge in [-0.1, -0.05) is 18.2 Å². The summed E-state index contributed by atoms with van der Waals surface area (Å²) in [7, 11) is 1.55. The van der Waals surface area contributed by atoms with Crippen molar-refractivity contribution in [1.29, 1.82) is 0 Å². The van der Waals surface area contributed by atoms with Gasteiger partial charge in [-0.2, -0.15) is 0 Å². The molecule has 0 N–H and O–H groups in total. The van der Waals surface area contributed by atoms with Gasteiger partial charge in [0, 0.05) is 38.2 Å². The minimum atomic E-state index is 0.0184. The molecule has 0 saturated carbocycles. The van der Waals surface area contributed by atoms with E-state index in [4.69, 9.17) is 9.72 Å². The molecule has 1 atom stereocenters. The second-order valence-corrected chi connectivity index (χ2v) is 8.35. The molecule has 1 aliphatic rings. The van der Waals surface area contributed by atoms with Crippen LogP contribution in [0.3, 0.4) is 0 Å². The number of piperazine rings is 1. The number of hydrogen-bond acceptors (Lipinski definition) is 7. The molecule has 4 aromatic rings. The van der Waals surface area contributed by atoms with Gasteiger partial charge in [-0.05, 0) is 30.5 Å². The Bertz CT molecular complexity index is 1210. The maximum Gasteiger partial charge on any atom is 0.248 e. The lowest BCUT2D eigenvalue weighted by atomic mass is 10.2. The molecule has 8 nitrogen and oxygen atoms in total. The first kappa shape index (κ1) is 19.0.